The van der Waals surface area contributed by atoms with Gasteiger partial charge in [0.1, 0.15) is 0 Å². The van der Waals surface area contributed by atoms with Gasteiger partial charge in [0.05, 0.1) is 0 Å². The quantitative estimate of drug-likeness (QED) is 0.753. The van der Waals surface area contributed by atoms with Gasteiger partial charge in [0.2, 0.25) is 5.91 Å². The first kappa shape index (κ1) is 21.5. The first-order valence-electron chi connectivity index (χ1n) is 9.04. The van der Waals surface area contributed by atoms with Crippen molar-refractivity contribution in [3.8, 4) is 0 Å². The topological polar surface area (TPSA) is 66.6 Å². The fourth-order valence-electron chi connectivity index (χ4n) is 3.07. The molecule has 6 heteroatoms. The predicted molar refractivity (Wildman–Crippen MR) is 103 cm³/mol. The molecule has 25 heavy (non-hydrogen) atoms. The van der Waals surface area contributed by atoms with Crippen LogP contribution in [0.25, 0.3) is 0 Å². The lowest BCUT2D eigenvalue weighted by atomic mass is 10.1. The number of nitrogens with zero attached hydrogens (tertiary/aromatic N) is 2. The molecule has 1 fully saturated rings. The van der Waals surface area contributed by atoms with Crippen LogP contribution in [-0.4, -0.2) is 54.3 Å². The Morgan fingerprint density at radius 1 is 0.880 bits per heavy atom. The number of hydrogen-bond acceptors (Lipinski definition) is 3. The monoisotopic (exact) mass is 367 g/mol. The molecule has 1 heterocycles. The van der Waals surface area contributed by atoms with Crippen molar-refractivity contribution in [3.05, 3.63) is 35.9 Å². The number of hydrogen-bond donors (Lipinski definition) is 1. The highest BCUT2D eigenvalue weighted by Gasteiger charge is 2.22. The van der Waals surface area contributed by atoms with Gasteiger partial charge >= 0.3 is 0 Å². The minimum absolute atomic E-state index is 0. The molecule has 1 aliphatic heterocycles. The van der Waals surface area contributed by atoms with Gasteiger partial charge in [0.15, 0.2) is 0 Å². The van der Waals surface area contributed by atoms with E-state index in [9.17, 15) is 9.59 Å². The van der Waals surface area contributed by atoms with E-state index in [-0.39, 0.29) is 24.2 Å². The summed E-state index contributed by atoms with van der Waals surface area (Å²) in [5.41, 5.74) is 6.20. The van der Waals surface area contributed by atoms with Crippen LogP contribution >= 0.6 is 12.4 Å². The largest absolute Gasteiger partial charge is 0.341 e. The molecule has 0 atom stereocenters. The lowest BCUT2D eigenvalue weighted by Crippen LogP contribution is -2.37. The highest BCUT2D eigenvalue weighted by atomic mass is 35.5. The van der Waals surface area contributed by atoms with Crippen molar-refractivity contribution >= 4 is 24.2 Å². The predicted octanol–water partition coefficient (Wildman–Crippen LogP) is 2.69. The van der Waals surface area contributed by atoms with Crippen LogP contribution in [0, 0.1) is 0 Å². The van der Waals surface area contributed by atoms with E-state index in [1.807, 2.05) is 40.1 Å². The molecule has 0 saturated carbocycles. The third kappa shape index (κ3) is 7.04. The number of unbranched alkanes of at least 4 members (excludes halogenated alkanes) is 3. The molecule has 1 saturated heterocycles. The molecule has 1 aromatic carbocycles. The second kappa shape index (κ2) is 11.9. The molecular formula is C19H30ClN3O2. The zero-order chi connectivity index (χ0) is 17.2. The summed E-state index contributed by atoms with van der Waals surface area (Å²) < 4.78 is 0. The van der Waals surface area contributed by atoms with Gasteiger partial charge in [-0.1, -0.05) is 31.0 Å². The molecule has 5 nitrogen and oxygen atoms in total. The Hall–Kier alpha value is -1.59. The molecule has 2 N–H and O–H groups in total. The molecule has 0 aromatic heterocycles. The first-order valence-corrected chi connectivity index (χ1v) is 9.04. The maximum Gasteiger partial charge on any atom is 0.253 e. The van der Waals surface area contributed by atoms with Crippen LogP contribution in [0.15, 0.2) is 30.3 Å². The molecule has 0 spiro atoms. The lowest BCUT2D eigenvalue weighted by molar-refractivity contribution is -0.131. The summed E-state index contributed by atoms with van der Waals surface area (Å²) in [5.74, 6) is 0.281. The molecule has 0 radical (unpaired) electrons. The third-order valence-corrected chi connectivity index (χ3v) is 4.50. The van der Waals surface area contributed by atoms with Gasteiger partial charge in [-0.05, 0) is 37.9 Å². The van der Waals surface area contributed by atoms with Crippen LogP contribution in [0.3, 0.4) is 0 Å². The van der Waals surface area contributed by atoms with E-state index in [4.69, 9.17) is 5.73 Å². The number of carbonyl (C=O) groups excluding carboxylic acids is 2. The summed E-state index contributed by atoms with van der Waals surface area (Å²) in [6.45, 7) is 3.45. The summed E-state index contributed by atoms with van der Waals surface area (Å²) in [5, 5.41) is 0. The fourth-order valence-corrected chi connectivity index (χ4v) is 3.07. The Bertz CT molecular complexity index is 525. The van der Waals surface area contributed by atoms with Crippen molar-refractivity contribution in [2.75, 3.05) is 32.7 Å². The zero-order valence-corrected chi connectivity index (χ0v) is 15.7. The lowest BCUT2D eigenvalue weighted by Gasteiger charge is -2.22. The molecule has 0 aliphatic carbocycles. The molecule has 2 amide bonds. The van der Waals surface area contributed by atoms with E-state index in [0.717, 1.165) is 50.8 Å². The van der Waals surface area contributed by atoms with Crippen LogP contribution < -0.4 is 5.73 Å². The number of halogens is 1. The maximum absolute atomic E-state index is 12.5. The summed E-state index contributed by atoms with van der Waals surface area (Å²) in [4.78, 5) is 28.6. The Morgan fingerprint density at radius 2 is 1.52 bits per heavy atom. The van der Waals surface area contributed by atoms with E-state index in [1.165, 1.54) is 0 Å². The van der Waals surface area contributed by atoms with Crippen molar-refractivity contribution in [2.24, 2.45) is 5.73 Å². The maximum atomic E-state index is 12.5. The molecule has 140 valence electrons. The number of amides is 2. The molecule has 0 bridgehead atoms. The number of benzene rings is 1. The van der Waals surface area contributed by atoms with Crippen molar-refractivity contribution in [1.29, 1.82) is 0 Å². The van der Waals surface area contributed by atoms with Gasteiger partial charge in [-0.25, -0.2) is 0 Å². The summed E-state index contributed by atoms with van der Waals surface area (Å²) in [6, 6.07) is 9.36. The van der Waals surface area contributed by atoms with Gasteiger partial charge in [0, 0.05) is 38.2 Å². The Balaban J connectivity index is 0.00000312. The summed E-state index contributed by atoms with van der Waals surface area (Å²) in [6.07, 6.45) is 5.59. The second-order valence-corrected chi connectivity index (χ2v) is 6.35. The Kier molecular flexibility index (Phi) is 10.2. The normalized spacial score (nSPS) is 14.6. The standard InChI is InChI=1S/C19H29N3O2.ClH/c20-12-7-2-1-6-11-18(23)21-13-8-14-22(16-15-21)19(24)17-9-4-3-5-10-17;/h3-5,9-10H,1-2,6-8,11-16,20H2;1H. The van der Waals surface area contributed by atoms with Crippen molar-refractivity contribution in [2.45, 2.75) is 38.5 Å². The van der Waals surface area contributed by atoms with E-state index in [2.05, 4.69) is 0 Å². The minimum atomic E-state index is 0. The van der Waals surface area contributed by atoms with Crippen LogP contribution in [0.5, 0.6) is 0 Å². The van der Waals surface area contributed by atoms with Gasteiger partial charge in [-0.2, -0.15) is 0 Å². The Labute approximate surface area is 157 Å². The zero-order valence-electron chi connectivity index (χ0n) is 14.9. The van der Waals surface area contributed by atoms with Crippen LogP contribution in [0.2, 0.25) is 0 Å². The van der Waals surface area contributed by atoms with Crippen molar-refractivity contribution in [1.82, 2.24) is 9.80 Å². The van der Waals surface area contributed by atoms with Gasteiger partial charge in [-0.15, -0.1) is 12.4 Å². The van der Waals surface area contributed by atoms with Gasteiger partial charge in [-0.3, -0.25) is 9.59 Å². The highest BCUT2D eigenvalue weighted by molar-refractivity contribution is 5.94. The molecule has 2 rings (SSSR count). The van der Waals surface area contributed by atoms with E-state index in [1.54, 1.807) is 0 Å². The van der Waals surface area contributed by atoms with Crippen LogP contribution in [-0.2, 0) is 4.79 Å². The highest BCUT2D eigenvalue weighted by Crippen LogP contribution is 2.11. The van der Waals surface area contributed by atoms with E-state index < -0.39 is 0 Å². The van der Waals surface area contributed by atoms with Gasteiger partial charge < -0.3 is 15.5 Å². The van der Waals surface area contributed by atoms with Crippen LogP contribution in [0.4, 0.5) is 0 Å². The van der Waals surface area contributed by atoms with Gasteiger partial charge in [0.25, 0.3) is 5.91 Å². The summed E-state index contributed by atoms with van der Waals surface area (Å²) in [7, 11) is 0. The molecule has 1 aliphatic rings. The minimum Gasteiger partial charge on any atom is -0.341 e. The SMILES string of the molecule is Cl.NCCCCCCC(=O)N1CCCN(C(=O)c2ccccc2)CC1. The first-order chi connectivity index (χ1) is 11.7. The average molecular weight is 368 g/mol. The number of carbonyl (C=O) groups is 2. The molecular weight excluding hydrogens is 338 g/mol. The smallest absolute Gasteiger partial charge is 0.253 e. The number of rotatable bonds is 7. The van der Waals surface area contributed by atoms with Crippen LogP contribution in [0.1, 0.15) is 48.9 Å². The van der Waals surface area contributed by atoms with E-state index in [0.29, 0.717) is 26.1 Å². The fraction of sp³-hybridized carbons (Fsp3) is 0.579. The summed E-state index contributed by atoms with van der Waals surface area (Å²) >= 11 is 0. The molecule has 1 aromatic rings. The number of nitrogens with two attached hydrogens (primary N) is 1. The van der Waals surface area contributed by atoms with E-state index >= 15 is 0 Å². The second-order valence-electron chi connectivity index (χ2n) is 6.35. The Morgan fingerprint density at radius 3 is 2.24 bits per heavy atom. The van der Waals surface area contributed by atoms with Crippen molar-refractivity contribution in [3.63, 3.8) is 0 Å². The van der Waals surface area contributed by atoms with Crippen molar-refractivity contribution < 1.29 is 9.59 Å². The molecule has 0 unspecified atom stereocenters. The average Bonchev–Trinajstić information content (AvgIpc) is 2.88. The third-order valence-electron chi connectivity index (χ3n) is 4.50.